The number of primary amides is 1. The summed E-state index contributed by atoms with van der Waals surface area (Å²) in [6, 6.07) is 18.8. The molecule has 380 valence electrons. The number of hydrogen-bond acceptors (Lipinski definition) is 10. The average Bonchev–Trinajstić information content (AvgIpc) is 3.92. The Morgan fingerprint density at radius 3 is 2.21 bits per heavy atom. The fraction of sp³-hybridized carbons (Fsp3) is 0.463. The van der Waals surface area contributed by atoms with E-state index in [9.17, 15) is 43.2 Å². The molecular weight excluding hydrogens is 921 g/mol. The van der Waals surface area contributed by atoms with Crippen molar-refractivity contribution in [3.8, 4) is 11.8 Å². The van der Waals surface area contributed by atoms with Crippen molar-refractivity contribution in [2.45, 2.75) is 146 Å². The number of benzene rings is 3. The van der Waals surface area contributed by atoms with Gasteiger partial charge in [-0.25, -0.2) is 4.79 Å². The SMILES string of the molecule is CC(C)(C)OC(=O)N[C@H]1CN(C(=O)CCCCCC#Cc2cccc3c2CN(C2CCC(=O)NC2=O)C3=O)CC[C@H]2CC[C@@H](C(=O)N[C@@H](CCC(N)=O)C(=O)NC(c3ccccc3)c3ccccc3)N2C1=O. The molecule has 7 rings (SSSR count). The molecule has 3 aromatic rings. The number of hydrogen-bond donors (Lipinski definition) is 5. The number of piperidine rings is 1. The van der Waals surface area contributed by atoms with Gasteiger partial charge >= 0.3 is 6.09 Å². The molecule has 0 aliphatic carbocycles. The lowest BCUT2D eigenvalue weighted by molar-refractivity contribution is -0.146. The number of alkyl carbamates (subject to hydrolysis) is 1. The molecule has 18 heteroatoms. The molecule has 1 unspecified atom stereocenters. The number of imide groups is 1. The van der Waals surface area contributed by atoms with Gasteiger partial charge in [0, 0.05) is 55.9 Å². The fourth-order valence-corrected chi connectivity index (χ4v) is 9.82. The quantitative estimate of drug-likeness (QED) is 0.0788. The highest BCUT2D eigenvalue weighted by molar-refractivity contribution is 6.05. The molecule has 6 N–H and O–H groups in total. The van der Waals surface area contributed by atoms with E-state index in [1.165, 1.54) is 9.80 Å². The molecule has 0 spiro atoms. The van der Waals surface area contributed by atoms with E-state index in [0.717, 1.165) is 16.7 Å². The zero-order valence-electron chi connectivity index (χ0n) is 41.1. The van der Waals surface area contributed by atoms with Crippen molar-refractivity contribution in [2.24, 2.45) is 5.73 Å². The Hall–Kier alpha value is -7.55. The van der Waals surface area contributed by atoms with E-state index in [1.807, 2.05) is 66.7 Å². The number of amides is 9. The van der Waals surface area contributed by atoms with E-state index >= 15 is 0 Å². The maximum Gasteiger partial charge on any atom is 0.408 e. The summed E-state index contributed by atoms with van der Waals surface area (Å²) in [5.41, 5.74) is 8.16. The third-order valence-corrected chi connectivity index (χ3v) is 13.4. The smallest absolute Gasteiger partial charge is 0.408 e. The van der Waals surface area contributed by atoms with Crippen molar-refractivity contribution >= 4 is 53.4 Å². The zero-order chi connectivity index (χ0) is 51.5. The first-order chi connectivity index (χ1) is 34.5. The van der Waals surface area contributed by atoms with Crippen LogP contribution in [0.1, 0.15) is 136 Å². The van der Waals surface area contributed by atoms with Crippen LogP contribution >= 0.6 is 0 Å². The lowest BCUT2D eigenvalue weighted by atomic mass is 9.98. The van der Waals surface area contributed by atoms with Gasteiger partial charge in [-0.05, 0) is 94.5 Å². The van der Waals surface area contributed by atoms with Crippen molar-refractivity contribution in [3.05, 3.63) is 107 Å². The van der Waals surface area contributed by atoms with E-state index < -0.39 is 77.5 Å². The molecule has 9 amide bonds. The minimum atomic E-state index is -1.26. The van der Waals surface area contributed by atoms with Gasteiger partial charge in [-0.1, -0.05) is 85.0 Å². The van der Waals surface area contributed by atoms with E-state index in [2.05, 4.69) is 33.1 Å². The van der Waals surface area contributed by atoms with Crippen LogP contribution in [0.2, 0.25) is 0 Å². The maximum atomic E-state index is 14.7. The molecule has 18 nitrogen and oxygen atoms in total. The molecular formula is C54H64N8O10. The summed E-state index contributed by atoms with van der Waals surface area (Å²) in [7, 11) is 0. The maximum absolute atomic E-state index is 14.7. The molecule has 0 bridgehead atoms. The lowest BCUT2D eigenvalue weighted by Gasteiger charge is -2.39. The van der Waals surface area contributed by atoms with Crippen molar-refractivity contribution < 1.29 is 47.9 Å². The van der Waals surface area contributed by atoms with E-state index in [-0.39, 0.29) is 75.9 Å². The number of fused-ring (bicyclic) bond motifs is 2. The predicted molar refractivity (Wildman–Crippen MR) is 264 cm³/mol. The molecule has 72 heavy (non-hydrogen) atoms. The lowest BCUT2D eigenvalue weighted by Crippen LogP contribution is -2.62. The van der Waals surface area contributed by atoms with Gasteiger partial charge < -0.3 is 41.1 Å². The molecule has 0 aromatic heterocycles. The van der Waals surface area contributed by atoms with Crippen molar-refractivity contribution in [1.82, 2.24) is 36.0 Å². The fourth-order valence-electron chi connectivity index (χ4n) is 9.82. The van der Waals surface area contributed by atoms with Crippen molar-refractivity contribution in [3.63, 3.8) is 0 Å². The minimum absolute atomic E-state index is 0.0896. The van der Waals surface area contributed by atoms with Gasteiger partial charge in [-0.15, -0.1) is 0 Å². The average molecular weight is 985 g/mol. The first-order valence-corrected chi connectivity index (χ1v) is 24.8. The molecule has 4 heterocycles. The Labute approximate surface area is 419 Å². The highest BCUT2D eigenvalue weighted by Crippen LogP contribution is 2.32. The number of carbonyl (C=O) groups excluding carboxylic acids is 9. The second kappa shape index (κ2) is 23.6. The summed E-state index contributed by atoms with van der Waals surface area (Å²) in [5, 5.41) is 10.9. The molecule has 3 saturated heterocycles. The van der Waals surface area contributed by atoms with Crippen molar-refractivity contribution in [2.75, 3.05) is 13.1 Å². The highest BCUT2D eigenvalue weighted by atomic mass is 16.6. The molecule has 5 atom stereocenters. The number of nitrogens with two attached hydrogens (primary N) is 1. The Morgan fingerprint density at radius 1 is 0.833 bits per heavy atom. The molecule has 0 radical (unpaired) electrons. The summed E-state index contributed by atoms with van der Waals surface area (Å²) in [5.74, 6) is 2.73. The van der Waals surface area contributed by atoms with Crippen molar-refractivity contribution in [1.29, 1.82) is 0 Å². The predicted octanol–water partition coefficient (Wildman–Crippen LogP) is 3.89. The zero-order valence-corrected chi connectivity index (χ0v) is 41.1. The van der Waals surface area contributed by atoms with Crippen LogP contribution in [0.25, 0.3) is 0 Å². The van der Waals surface area contributed by atoms with Crippen LogP contribution in [0.15, 0.2) is 78.9 Å². The Kier molecular flexibility index (Phi) is 17.1. The Balaban J connectivity index is 0.971. The van der Waals surface area contributed by atoms with Gasteiger partial charge in [-0.3, -0.25) is 43.7 Å². The Morgan fingerprint density at radius 2 is 1.54 bits per heavy atom. The van der Waals surface area contributed by atoms with Gasteiger partial charge in [-0.2, -0.15) is 0 Å². The number of nitrogens with one attached hydrogen (secondary N) is 4. The van der Waals surface area contributed by atoms with Crippen LogP contribution in [-0.2, 0) is 44.8 Å². The summed E-state index contributed by atoms with van der Waals surface area (Å²) in [4.78, 5) is 124. The van der Waals surface area contributed by atoms with Crippen LogP contribution in [-0.4, -0.2) is 117 Å². The highest BCUT2D eigenvalue weighted by Gasteiger charge is 2.46. The van der Waals surface area contributed by atoms with Gasteiger partial charge in [0.1, 0.15) is 29.8 Å². The third-order valence-electron chi connectivity index (χ3n) is 13.4. The standard InChI is InChI=1S/C54H64N8O10/c1-54(2,3)72-53(71)57-41-33-60(46(65)23-14-6-4-5-9-16-34-21-15-22-38-39(34)32-61(51(38)69)42-27-29-45(64)58-49(42)67)31-30-37-24-26-43(62(37)52(41)70)50(68)56-40(25-28-44(55)63)48(66)59-47(35-17-10-7-11-18-35)36-19-12-8-13-20-36/h7-8,10-13,15,17-22,37,40-43,47H,4-6,14,23-33H2,1-3H3,(H2,55,63)(H,56,68)(H,57,71)(H,59,66)(H,58,64,67)/t37-,40+,41+,42?,43+/m1/s1. The van der Waals surface area contributed by atoms with Crippen LogP contribution in [0, 0.1) is 11.8 Å². The number of rotatable bonds is 16. The van der Waals surface area contributed by atoms with Gasteiger partial charge in [0.05, 0.1) is 12.6 Å². The topological polar surface area (TPSA) is 247 Å². The number of carbonyl (C=O) groups is 9. The Bertz CT molecular complexity index is 2570. The van der Waals surface area contributed by atoms with Crippen LogP contribution in [0.3, 0.4) is 0 Å². The molecule has 3 fully saturated rings. The van der Waals surface area contributed by atoms with E-state index in [0.29, 0.717) is 49.7 Å². The second-order valence-electron chi connectivity index (χ2n) is 19.7. The summed E-state index contributed by atoms with van der Waals surface area (Å²) in [6.07, 6.45) is 3.01. The van der Waals surface area contributed by atoms with Crippen LogP contribution in [0.4, 0.5) is 4.79 Å². The normalized spacial score (nSPS) is 20.2. The molecule has 3 aromatic carbocycles. The molecule has 4 aliphatic rings. The van der Waals surface area contributed by atoms with Crippen LogP contribution in [0.5, 0.6) is 0 Å². The van der Waals surface area contributed by atoms with Gasteiger partial charge in [0.25, 0.3) is 5.91 Å². The number of unbranched alkanes of at least 4 members (excludes halogenated alkanes) is 3. The molecule has 4 aliphatic heterocycles. The number of nitrogens with zero attached hydrogens (tertiary/aromatic N) is 3. The first-order valence-electron chi connectivity index (χ1n) is 24.8. The monoisotopic (exact) mass is 984 g/mol. The van der Waals surface area contributed by atoms with Gasteiger partial charge in [0.15, 0.2) is 0 Å². The van der Waals surface area contributed by atoms with Gasteiger partial charge in [0.2, 0.25) is 41.4 Å². The van der Waals surface area contributed by atoms with Crippen LogP contribution < -0.4 is 27.0 Å². The number of ether oxygens (including phenoxy) is 1. The third kappa shape index (κ3) is 13.2. The summed E-state index contributed by atoms with van der Waals surface area (Å²) >= 11 is 0. The second-order valence-corrected chi connectivity index (χ2v) is 19.7. The first kappa shape index (κ1) is 52.3. The summed E-state index contributed by atoms with van der Waals surface area (Å²) < 4.78 is 5.53. The van der Waals surface area contributed by atoms with E-state index in [1.54, 1.807) is 37.8 Å². The summed E-state index contributed by atoms with van der Waals surface area (Å²) in [6.45, 7) is 5.39. The minimum Gasteiger partial charge on any atom is -0.444 e. The largest absolute Gasteiger partial charge is 0.444 e. The van der Waals surface area contributed by atoms with E-state index in [4.69, 9.17) is 10.5 Å². The molecule has 0 saturated carbocycles.